The molecule has 0 aromatic heterocycles. The zero-order chi connectivity index (χ0) is 16.5. The Morgan fingerprint density at radius 2 is 1.96 bits per heavy atom. The van der Waals surface area contributed by atoms with Crippen molar-refractivity contribution in [3.8, 4) is 5.75 Å². The van der Waals surface area contributed by atoms with E-state index in [2.05, 4.69) is 5.32 Å². The number of para-hydroxylation sites is 2. The molecule has 0 aliphatic carbocycles. The minimum atomic E-state index is -0.922. The van der Waals surface area contributed by atoms with Gasteiger partial charge in [-0.25, -0.2) is 4.79 Å². The summed E-state index contributed by atoms with van der Waals surface area (Å²) in [5.41, 5.74) is 2.07. The van der Waals surface area contributed by atoms with Gasteiger partial charge in [-0.05, 0) is 29.8 Å². The first-order valence-electron chi connectivity index (χ1n) is 7.47. The molecule has 0 heterocycles. The molecule has 122 valence electrons. The Balaban J connectivity index is 1.97. The molecule has 23 heavy (non-hydrogen) atoms. The smallest absolute Gasteiger partial charge is 0.335 e. The van der Waals surface area contributed by atoms with E-state index in [4.69, 9.17) is 14.6 Å². The van der Waals surface area contributed by atoms with E-state index in [-0.39, 0.29) is 5.56 Å². The number of carboxylic acid groups (broad SMARTS) is 1. The van der Waals surface area contributed by atoms with Crippen LogP contribution in [0.4, 0.5) is 5.69 Å². The molecule has 2 aromatic rings. The summed E-state index contributed by atoms with van der Waals surface area (Å²) in [5, 5.41) is 12.3. The maximum atomic E-state index is 11.0. The fourth-order valence-electron chi connectivity index (χ4n) is 2.14. The number of benzene rings is 2. The maximum Gasteiger partial charge on any atom is 0.335 e. The van der Waals surface area contributed by atoms with E-state index in [0.717, 1.165) is 23.4 Å². The Hall–Kier alpha value is -2.53. The van der Waals surface area contributed by atoms with E-state index in [1.54, 1.807) is 25.3 Å². The second-order valence-corrected chi connectivity index (χ2v) is 5.05. The van der Waals surface area contributed by atoms with E-state index in [1.807, 2.05) is 30.3 Å². The van der Waals surface area contributed by atoms with Gasteiger partial charge in [0.2, 0.25) is 0 Å². The number of rotatable bonds is 9. The number of nitrogens with one attached hydrogen (secondary N) is 1. The molecule has 2 aromatic carbocycles. The number of methoxy groups -OCH3 is 1. The fraction of sp³-hybridized carbons (Fsp3) is 0.278. The van der Waals surface area contributed by atoms with Crippen molar-refractivity contribution in [2.45, 2.75) is 13.0 Å². The van der Waals surface area contributed by atoms with Gasteiger partial charge in [0.25, 0.3) is 0 Å². The quantitative estimate of drug-likeness (QED) is 0.694. The number of carboxylic acids is 1. The molecule has 0 saturated heterocycles. The summed E-state index contributed by atoms with van der Waals surface area (Å²) >= 11 is 0. The first kappa shape index (κ1) is 16.8. The van der Waals surface area contributed by atoms with Gasteiger partial charge in [-0.3, -0.25) is 0 Å². The zero-order valence-electron chi connectivity index (χ0n) is 13.1. The highest BCUT2D eigenvalue weighted by Gasteiger charge is 2.05. The second-order valence-electron chi connectivity index (χ2n) is 5.05. The molecular formula is C18H21NO4. The molecule has 0 radical (unpaired) electrons. The average molecular weight is 315 g/mol. The molecule has 0 aliphatic rings. The molecule has 0 fully saturated rings. The summed E-state index contributed by atoms with van der Waals surface area (Å²) in [7, 11) is 1.67. The zero-order valence-corrected chi connectivity index (χ0v) is 13.1. The summed E-state index contributed by atoms with van der Waals surface area (Å²) in [6, 6.07) is 14.6. The third-order valence-electron chi connectivity index (χ3n) is 3.29. The van der Waals surface area contributed by atoms with Crippen molar-refractivity contribution >= 4 is 11.7 Å². The monoisotopic (exact) mass is 315 g/mol. The first-order valence-corrected chi connectivity index (χ1v) is 7.47. The minimum Gasteiger partial charge on any atom is -0.491 e. The third-order valence-corrected chi connectivity index (χ3v) is 3.29. The average Bonchev–Trinajstić information content (AvgIpc) is 2.58. The van der Waals surface area contributed by atoms with Crippen LogP contribution < -0.4 is 10.1 Å². The molecule has 0 bridgehead atoms. The lowest BCUT2D eigenvalue weighted by molar-refractivity contribution is 0.0696. The molecule has 0 atom stereocenters. The van der Waals surface area contributed by atoms with Crippen molar-refractivity contribution in [1.82, 2.24) is 0 Å². The van der Waals surface area contributed by atoms with Gasteiger partial charge >= 0.3 is 5.97 Å². The van der Waals surface area contributed by atoms with Crippen LogP contribution in [0.5, 0.6) is 5.75 Å². The van der Waals surface area contributed by atoms with Gasteiger partial charge in [0, 0.05) is 26.7 Å². The standard InChI is InChI=1S/C18H21NO4/c1-22-10-5-11-23-17-9-3-2-8-16(17)19-13-14-6-4-7-15(12-14)18(20)21/h2-4,6-9,12,19H,5,10-11,13H2,1H3,(H,20,21). The van der Waals surface area contributed by atoms with E-state index in [0.29, 0.717) is 19.8 Å². The lowest BCUT2D eigenvalue weighted by atomic mass is 10.1. The van der Waals surface area contributed by atoms with Gasteiger partial charge in [-0.1, -0.05) is 24.3 Å². The Morgan fingerprint density at radius 3 is 2.74 bits per heavy atom. The summed E-state index contributed by atoms with van der Waals surface area (Å²) in [6.07, 6.45) is 0.825. The Morgan fingerprint density at radius 1 is 1.13 bits per heavy atom. The summed E-state index contributed by atoms with van der Waals surface area (Å²) < 4.78 is 10.8. The Bertz CT molecular complexity index is 642. The largest absolute Gasteiger partial charge is 0.491 e. The molecule has 0 saturated carbocycles. The molecule has 2 rings (SSSR count). The van der Waals surface area contributed by atoms with Crippen LogP contribution in [-0.4, -0.2) is 31.4 Å². The Kier molecular flexibility index (Phi) is 6.44. The summed E-state index contributed by atoms with van der Waals surface area (Å²) in [4.78, 5) is 11.0. The SMILES string of the molecule is COCCCOc1ccccc1NCc1cccc(C(=O)O)c1. The number of carbonyl (C=O) groups is 1. The van der Waals surface area contributed by atoms with Crippen LogP contribution in [0.2, 0.25) is 0 Å². The van der Waals surface area contributed by atoms with E-state index in [9.17, 15) is 4.79 Å². The topological polar surface area (TPSA) is 67.8 Å². The van der Waals surface area contributed by atoms with E-state index < -0.39 is 5.97 Å². The van der Waals surface area contributed by atoms with Gasteiger partial charge in [0.1, 0.15) is 5.75 Å². The summed E-state index contributed by atoms with van der Waals surface area (Å²) in [5.74, 6) is -0.147. The lowest BCUT2D eigenvalue weighted by Crippen LogP contribution is -2.06. The van der Waals surface area contributed by atoms with E-state index in [1.165, 1.54) is 0 Å². The molecular weight excluding hydrogens is 294 g/mol. The van der Waals surface area contributed by atoms with Crippen molar-refractivity contribution in [2.75, 3.05) is 25.6 Å². The van der Waals surface area contributed by atoms with Crippen LogP contribution >= 0.6 is 0 Å². The molecule has 5 nitrogen and oxygen atoms in total. The third kappa shape index (κ3) is 5.30. The van der Waals surface area contributed by atoms with Crippen LogP contribution in [0.25, 0.3) is 0 Å². The number of anilines is 1. The minimum absolute atomic E-state index is 0.286. The van der Waals surface area contributed by atoms with Crippen molar-refractivity contribution in [3.05, 3.63) is 59.7 Å². The molecule has 0 amide bonds. The van der Waals surface area contributed by atoms with Crippen molar-refractivity contribution in [2.24, 2.45) is 0 Å². The molecule has 0 unspecified atom stereocenters. The number of ether oxygens (including phenoxy) is 2. The lowest BCUT2D eigenvalue weighted by Gasteiger charge is -2.13. The number of hydrogen-bond donors (Lipinski definition) is 2. The predicted octanol–water partition coefficient (Wildman–Crippen LogP) is 3.41. The second kappa shape index (κ2) is 8.80. The normalized spacial score (nSPS) is 10.3. The summed E-state index contributed by atoms with van der Waals surface area (Å²) in [6.45, 7) is 1.78. The molecule has 0 spiro atoms. The van der Waals surface area contributed by atoms with E-state index >= 15 is 0 Å². The van der Waals surface area contributed by atoms with Crippen molar-refractivity contribution in [3.63, 3.8) is 0 Å². The highest BCUT2D eigenvalue weighted by molar-refractivity contribution is 5.87. The van der Waals surface area contributed by atoms with Crippen LogP contribution in [0.15, 0.2) is 48.5 Å². The van der Waals surface area contributed by atoms with Gasteiger partial charge in [0.15, 0.2) is 0 Å². The number of hydrogen-bond acceptors (Lipinski definition) is 4. The van der Waals surface area contributed by atoms with Crippen LogP contribution in [0.1, 0.15) is 22.3 Å². The predicted molar refractivity (Wildman–Crippen MR) is 89.2 cm³/mol. The van der Waals surface area contributed by atoms with Gasteiger partial charge in [-0.2, -0.15) is 0 Å². The highest BCUT2D eigenvalue weighted by Crippen LogP contribution is 2.24. The van der Waals surface area contributed by atoms with Gasteiger partial charge in [0.05, 0.1) is 17.9 Å². The Labute approximate surface area is 135 Å². The van der Waals surface area contributed by atoms with Crippen LogP contribution in [0.3, 0.4) is 0 Å². The molecule has 0 aliphatic heterocycles. The fourth-order valence-corrected chi connectivity index (χ4v) is 2.14. The highest BCUT2D eigenvalue weighted by atomic mass is 16.5. The molecule has 2 N–H and O–H groups in total. The number of aromatic carboxylic acids is 1. The van der Waals surface area contributed by atoms with Gasteiger partial charge < -0.3 is 19.9 Å². The molecule has 5 heteroatoms. The van der Waals surface area contributed by atoms with Crippen LogP contribution in [-0.2, 0) is 11.3 Å². The van der Waals surface area contributed by atoms with Crippen LogP contribution in [0, 0.1) is 0 Å². The van der Waals surface area contributed by atoms with Crippen molar-refractivity contribution < 1.29 is 19.4 Å². The maximum absolute atomic E-state index is 11.0. The first-order chi connectivity index (χ1) is 11.2. The van der Waals surface area contributed by atoms with Crippen molar-refractivity contribution in [1.29, 1.82) is 0 Å². The van der Waals surface area contributed by atoms with Gasteiger partial charge in [-0.15, -0.1) is 0 Å².